The van der Waals surface area contributed by atoms with Crippen LogP contribution >= 0.6 is 22.6 Å². The molecule has 0 radical (unpaired) electrons. The Hall–Kier alpha value is -0.430. The molecule has 5 heteroatoms. The lowest BCUT2D eigenvalue weighted by atomic mass is 9.80. The van der Waals surface area contributed by atoms with Crippen LogP contribution in [0.4, 0.5) is 5.82 Å². The smallest absolute Gasteiger partial charge is 0.143 e. The van der Waals surface area contributed by atoms with E-state index in [0.717, 1.165) is 33.4 Å². The van der Waals surface area contributed by atoms with E-state index < -0.39 is 0 Å². The van der Waals surface area contributed by atoms with Crippen LogP contribution < -0.4 is 5.32 Å². The summed E-state index contributed by atoms with van der Waals surface area (Å²) in [7, 11) is 1.72. The number of methoxy groups -OCH3 is 1. The number of halogens is 1. The molecule has 2 unspecified atom stereocenters. The Morgan fingerprint density at radius 3 is 2.76 bits per heavy atom. The number of ether oxygens (including phenoxy) is 1. The fourth-order valence-corrected chi connectivity index (χ4v) is 3.70. The van der Waals surface area contributed by atoms with E-state index >= 15 is 0 Å². The number of nitrogens with one attached hydrogen (secondary N) is 1. The highest BCUT2D eigenvalue weighted by Crippen LogP contribution is 2.37. The second-order valence-electron chi connectivity index (χ2n) is 5.79. The van der Waals surface area contributed by atoms with Crippen LogP contribution in [-0.2, 0) is 11.3 Å². The van der Waals surface area contributed by atoms with Gasteiger partial charge in [0, 0.05) is 19.6 Å². The molecule has 1 N–H and O–H groups in total. The Kier molecular flexibility index (Phi) is 6.67. The third-order valence-electron chi connectivity index (χ3n) is 4.29. The van der Waals surface area contributed by atoms with E-state index in [1.165, 1.54) is 32.1 Å². The average Bonchev–Trinajstić information content (AvgIpc) is 2.51. The van der Waals surface area contributed by atoms with Crippen molar-refractivity contribution in [3.8, 4) is 0 Å². The second kappa shape index (κ2) is 8.27. The molecule has 1 saturated carbocycles. The SMILES string of the molecule is CCNc1nc(C2CCCC(CC)C2)nc(COC)c1I. The first-order chi connectivity index (χ1) is 10.2. The molecule has 1 aromatic heterocycles. The van der Waals surface area contributed by atoms with Crippen molar-refractivity contribution >= 4 is 28.4 Å². The van der Waals surface area contributed by atoms with Gasteiger partial charge in [-0.2, -0.15) is 0 Å². The Morgan fingerprint density at radius 1 is 1.29 bits per heavy atom. The van der Waals surface area contributed by atoms with Crippen LogP contribution in [0.1, 0.15) is 63.4 Å². The first kappa shape index (κ1) is 16.9. The highest BCUT2D eigenvalue weighted by Gasteiger charge is 2.25. The van der Waals surface area contributed by atoms with Crippen LogP contribution in [0.15, 0.2) is 0 Å². The lowest BCUT2D eigenvalue weighted by Gasteiger charge is -2.28. The van der Waals surface area contributed by atoms with Crippen LogP contribution in [0.5, 0.6) is 0 Å². The molecule has 1 aliphatic carbocycles. The highest BCUT2D eigenvalue weighted by atomic mass is 127. The van der Waals surface area contributed by atoms with Gasteiger partial charge >= 0.3 is 0 Å². The maximum absolute atomic E-state index is 5.30. The van der Waals surface area contributed by atoms with Gasteiger partial charge in [0.05, 0.1) is 15.9 Å². The molecule has 0 amide bonds. The van der Waals surface area contributed by atoms with Crippen LogP contribution in [0.2, 0.25) is 0 Å². The van der Waals surface area contributed by atoms with Crippen molar-refractivity contribution < 1.29 is 4.74 Å². The normalized spacial score (nSPS) is 22.3. The second-order valence-corrected chi connectivity index (χ2v) is 6.87. The molecular weight excluding hydrogens is 377 g/mol. The van der Waals surface area contributed by atoms with Gasteiger partial charge in [-0.05, 0) is 48.3 Å². The summed E-state index contributed by atoms with van der Waals surface area (Å²) in [5, 5.41) is 3.37. The fraction of sp³-hybridized carbons (Fsp3) is 0.750. The molecule has 4 nitrogen and oxygen atoms in total. The van der Waals surface area contributed by atoms with E-state index in [4.69, 9.17) is 14.7 Å². The molecule has 1 heterocycles. The maximum Gasteiger partial charge on any atom is 0.143 e. The summed E-state index contributed by atoms with van der Waals surface area (Å²) in [6.45, 7) is 5.82. The lowest BCUT2D eigenvalue weighted by Crippen LogP contribution is -2.18. The van der Waals surface area contributed by atoms with E-state index in [-0.39, 0.29) is 0 Å². The van der Waals surface area contributed by atoms with Gasteiger partial charge in [-0.1, -0.05) is 26.2 Å². The summed E-state index contributed by atoms with van der Waals surface area (Å²) in [4.78, 5) is 9.63. The Bertz CT molecular complexity index is 440. The number of rotatable bonds is 6. The molecule has 21 heavy (non-hydrogen) atoms. The van der Waals surface area contributed by atoms with Gasteiger partial charge in [0.25, 0.3) is 0 Å². The minimum absolute atomic E-state index is 0.508. The van der Waals surface area contributed by atoms with Crippen LogP contribution in [0.3, 0.4) is 0 Å². The van der Waals surface area contributed by atoms with Gasteiger partial charge in [0.15, 0.2) is 0 Å². The Labute approximate surface area is 141 Å². The molecule has 1 aromatic rings. The molecule has 0 spiro atoms. The van der Waals surface area contributed by atoms with Gasteiger partial charge < -0.3 is 10.1 Å². The van der Waals surface area contributed by atoms with Crippen molar-refractivity contribution in [3.63, 3.8) is 0 Å². The zero-order chi connectivity index (χ0) is 15.2. The zero-order valence-corrected chi connectivity index (χ0v) is 15.4. The van der Waals surface area contributed by atoms with Crippen molar-refractivity contribution in [3.05, 3.63) is 15.1 Å². The molecule has 2 rings (SSSR count). The van der Waals surface area contributed by atoms with E-state index in [9.17, 15) is 0 Å². The monoisotopic (exact) mass is 403 g/mol. The van der Waals surface area contributed by atoms with Crippen molar-refractivity contribution in [1.82, 2.24) is 9.97 Å². The summed E-state index contributed by atoms with van der Waals surface area (Å²) < 4.78 is 6.39. The quantitative estimate of drug-likeness (QED) is 0.718. The summed E-state index contributed by atoms with van der Waals surface area (Å²) in [6.07, 6.45) is 6.38. The molecule has 0 bridgehead atoms. The van der Waals surface area contributed by atoms with Crippen LogP contribution in [0, 0.1) is 9.49 Å². The van der Waals surface area contributed by atoms with Gasteiger partial charge in [-0.3, -0.25) is 0 Å². The molecule has 0 aromatic carbocycles. The Balaban J connectivity index is 2.29. The van der Waals surface area contributed by atoms with Crippen molar-refractivity contribution in [2.75, 3.05) is 19.0 Å². The number of anilines is 1. The van der Waals surface area contributed by atoms with Crippen molar-refractivity contribution in [2.24, 2.45) is 5.92 Å². The van der Waals surface area contributed by atoms with Gasteiger partial charge in [0.1, 0.15) is 11.6 Å². The number of hydrogen-bond donors (Lipinski definition) is 1. The standard InChI is InChI=1S/C16H26IN3O/c1-4-11-7-6-8-12(9-11)15-19-13(10-21-3)14(17)16(20-15)18-5-2/h11-12H,4-10H2,1-3H3,(H,18,19,20). The third-order valence-corrected chi connectivity index (χ3v) is 5.42. The first-order valence-corrected chi connectivity index (χ1v) is 9.06. The fourth-order valence-electron chi connectivity index (χ4n) is 3.11. The molecule has 2 atom stereocenters. The van der Waals surface area contributed by atoms with Crippen molar-refractivity contribution in [2.45, 2.75) is 58.5 Å². The molecule has 0 saturated heterocycles. The number of aromatic nitrogens is 2. The first-order valence-electron chi connectivity index (χ1n) is 7.98. The van der Waals surface area contributed by atoms with E-state index in [0.29, 0.717) is 12.5 Å². The van der Waals surface area contributed by atoms with E-state index in [1.807, 2.05) is 0 Å². The zero-order valence-electron chi connectivity index (χ0n) is 13.3. The molecular formula is C16H26IN3O. The van der Waals surface area contributed by atoms with E-state index in [1.54, 1.807) is 7.11 Å². The minimum atomic E-state index is 0.508. The van der Waals surface area contributed by atoms with Crippen LogP contribution in [-0.4, -0.2) is 23.6 Å². The number of hydrogen-bond acceptors (Lipinski definition) is 4. The molecule has 0 aliphatic heterocycles. The lowest BCUT2D eigenvalue weighted by molar-refractivity contribution is 0.180. The largest absolute Gasteiger partial charge is 0.378 e. The van der Waals surface area contributed by atoms with Crippen LogP contribution in [0.25, 0.3) is 0 Å². The predicted octanol–water partition coefficient (Wildman–Crippen LogP) is 4.34. The molecule has 1 aliphatic rings. The van der Waals surface area contributed by atoms with E-state index in [2.05, 4.69) is 41.8 Å². The topological polar surface area (TPSA) is 47.0 Å². The summed E-state index contributed by atoms with van der Waals surface area (Å²) in [6, 6.07) is 0. The van der Waals surface area contributed by atoms with Gasteiger partial charge in [-0.15, -0.1) is 0 Å². The van der Waals surface area contributed by atoms with Gasteiger partial charge in [-0.25, -0.2) is 9.97 Å². The minimum Gasteiger partial charge on any atom is -0.378 e. The average molecular weight is 403 g/mol. The molecule has 118 valence electrons. The maximum atomic E-state index is 5.30. The Morgan fingerprint density at radius 2 is 2.10 bits per heavy atom. The summed E-state index contributed by atoms with van der Waals surface area (Å²) in [5.41, 5.74) is 1.01. The molecule has 1 fully saturated rings. The van der Waals surface area contributed by atoms with Crippen molar-refractivity contribution in [1.29, 1.82) is 0 Å². The third kappa shape index (κ3) is 4.28. The number of nitrogens with zero attached hydrogens (tertiary/aromatic N) is 2. The highest BCUT2D eigenvalue weighted by molar-refractivity contribution is 14.1. The summed E-state index contributed by atoms with van der Waals surface area (Å²) in [5.74, 6) is 3.32. The summed E-state index contributed by atoms with van der Waals surface area (Å²) >= 11 is 2.32. The predicted molar refractivity (Wildman–Crippen MR) is 94.6 cm³/mol. The van der Waals surface area contributed by atoms with Gasteiger partial charge in [0.2, 0.25) is 0 Å².